The first kappa shape index (κ1) is 13.4. The van der Waals surface area contributed by atoms with Crippen LogP contribution in [-0.4, -0.2) is 16.3 Å². The standard InChI is InChI=1S/C14H15ClN2O3/c1-8-5-9(2)17(14(18)13(8)15)6-11-10-7-19-4-3-12(10)20-16-11/h5H,3-4,6-7H2,1-2H3. The Morgan fingerprint density at radius 3 is 3.05 bits per heavy atom. The van der Waals surface area contributed by atoms with E-state index in [0.29, 0.717) is 19.8 Å². The molecule has 0 saturated heterocycles. The highest BCUT2D eigenvalue weighted by Crippen LogP contribution is 2.21. The van der Waals surface area contributed by atoms with Gasteiger partial charge in [0.05, 0.1) is 19.8 Å². The molecule has 0 radical (unpaired) electrons. The third-order valence-corrected chi connectivity index (χ3v) is 4.07. The number of nitrogens with zero attached hydrogens (tertiary/aromatic N) is 2. The Hall–Kier alpha value is -1.59. The fourth-order valence-corrected chi connectivity index (χ4v) is 2.61. The molecule has 1 aliphatic rings. The average Bonchev–Trinajstić information content (AvgIpc) is 2.84. The summed E-state index contributed by atoms with van der Waals surface area (Å²) in [5, 5.41) is 4.32. The van der Waals surface area contributed by atoms with Crippen molar-refractivity contribution in [3.8, 4) is 0 Å². The first-order valence-electron chi connectivity index (χ1n) is 6.48. The van der Waals surface area contributed by atoms with Gasteiger partial charge >= 0.3 is 0 Å². The number of fused-ring (bicyclic) bond motifs is 1. The Bertz CT molecular complexity index is 718. The van der Waals surface area contributed by atoms with Crippen LogP contribution in [0.3, 0.4) is 0 Å². The van der Waals surface area contributed by atoms with E-state index in [4.69, 9.17) is 20.9 Å². The van der Waals surface area contributed by atoms with Crippen LogP contribution in [0.2, 0.25) is 5.02 Å². The van der Waals surface area contributed by atoms with Gasteiger partial charge in [0, 0.05) is 17.7 Å². The summed E-state index contributed by atoms with van der Waals surface area (Å²) >= 11 is 6.04. The predicted molar refractivity (Wildman–Crippen MR) is 74.2 cm³/mol. The molecular formula is C14H15ClN2O3. The second kappa shape index (κ2) is 5.07. The van der Waals surface area contributed by atoms with Crippen LogP contribution in [0, 0.1) is 13.8 Å². The molecule has 1 aliphatic heterocycles. The number of hydrogen-bond acceptors (Lipinski definition) is 4. The largest absolute Gasteiger partial charge is 0.376 e. The molecule has 0 atom stereocenters. The number of aromatic nitrogens is 2. The van der Waals surface area contributed by atoms with E-state index in [1.807, 2.05) is 19.9 Å². The third kappa shape index (κ3) is 2.17. The lowest BCUT2D eigenvalue weighted by atomic mass is 10.1. The van der Waals surface area contributed by atoms with E-state index in [0.717, 1.165) is 34.7 Å². The summed E-state index contributed by atoms with van der Waals surface area (Å²) in [6.45, 7) is 5.20. The molecule has 3 rings (SSSR count). The van der Waals surface area contributed by atoms with Gasteiger partial charge in [-0.25, -0.2) is 0 Å². The monoisotopic (exact) mass is 294 g/mol. The summed E-state index contributed by atoms with van der Waals surface area (Å²) in [6.07, 6.45) is 0.727. The van der Waals surface area contributed by atoms with Gasteiger partial charge < -0.3 is 13.8 Å². The molecule has 0 fully saturated rings. The lowest BCUT2D eigenvalue weighted by molar-refractivity contribution is 0.102. The van der Waals surface area contributed by atoms with Crippen LogP contribution in [0.1, 0.15) is 28.3 Å². The maximum absolute atomic E-state index is 12.2. The van der Waals surface area contributed by atoms with E-state index in [-0.39, 0.29) is 10.6 Å². The lowest BCUT2D eigenvalue weighted by Gasteiger charge is -2.13. The second-order valence-corrected chi connectivity index (χ2v) is 5.39. The van der Waals surface area contributed by atoms with Crippen LogP contribution in [-0.2, 0) is 24.3 Å². The van der Waals surface area contributed by atoms with E-state index in [2.05, 4.69) is 5.16 Å². The van der Waals surface area contributed by atoms with Crippen molar-refractivity contribution in [2.24, 2.45) is 0 Å². The van der Waals surface area contributed by atoms with Crippen LogP contribution >= 0.6 is 11.6 Å². The fraction of sp³-hybridized carbons (Fsp3) is 0.429. The molecule has 20 heavy (non-hydrogen) atoms. The van der Waals surface area contributed by atoms with Crippen molar-refractivity contribution in [1.29, 1.82) is 0 Å². The molecule has 0 unspecified atom stereocenters. The molecule has 106 valence electrons. The van der Waals surface area contributed by atoms with Gasteiger partial charge in [-0.05, 0) is 25.5 Å². The molecule has 0 saturated carbocycles. The first-order chi connectivity index (χ1) is 9.58. The van der Waals surface area contributed by atoms with Crippen LogP contribution in [0.25, 0.3) is 0 Å². The van der Waals surface area contributed by atoms with Crippen molar-refractivity contribution in [3.05, 3.63) is 49.7 Å². The molecule has 0 amide bonds. The zero-order valence-corrected chi connectivity index (χ0v) is 12.2. The molecule has 0 bridgehead atoms. The van der Waals surface area contributed by atoms with Crippen molar-refractivity contribution in [2.75, 3.05) is 6.61 Å². The van der Waals surface area contributed by atoms with E-state index < -0.39 is 0 Å². The predicted octanol–water partition coefficient (Wildman–Crippen LogP) is 2.23. The molecule has 0 spiro atoms. The van der Waals surface area contributed by atoms with Crippen molar-refractivity contribution in [3.63, 3.8) is 0 Å². The summed E-state index contributed by atoms with van der Waals surface area (Å²) in [5.41, 5.74) is 3.14. The van der Waals surface area contributed by atoms with Crippen LogP contribution in [0.5, 0.6) is 0 Å². The Morgan fingerprint density at radius 2 is 2.25 bits per heavy atom. The summed E-state index contributed by atoms with van der Waals surface area (Å²) < 4.78 is 12.4. The molecule has 5 nitrogen and oxygen atoms in total. The summed E-state index contributed by atoms with van der Waals surface area (Å²) in [6, 6.07) is 1.90. The Kier molecular flexibility index (Phi) is 3.40. The maximum atomic E-state index is 12.2. The van der Waals surface area contributed by atoms with E-state index in [1.165, 1.54) is 0 Å². The summed E-state index contributed by atoms with van der Waals surface area (Å²) in [4.78, 5) is 12.2. The average molecular weight is 295 g/mol. The molecule has 2 aromatic rings. The van der Waals surface area contributed by atoms with Crippen molar-refractivity contribution in [2.45, 2.75) is 33.4 Å². The number of rotatable bonds is 2. The molecule has 0 aromatic carbocycles. The minimum atomic E-state index is -0.197. The number of ether oxygens (including phenoxy) is 1. The molecule has 0 aliphatic carbocycles. The van der Waals surface area contributed by atoms with Crippen molar-refractivity contribution < 1.29 is 9.26 Å². The van der Waals surface area contributed by atoms with Gasteiger partial charge in [0.15, 0.2) is 0 Å². The zero-order valence-electron chi connectivity index (χ0n) is 11.4. The Labute approximate surface area is 121 Å². The van der Waals surface area contributed by atoms with Crippen LogP contribution < -0.4 is 5.56 Å². The Balaban J connectivity index is 2.02. The molecule has 3 heterocycles. The minimum absolute atomic E-state index is 0.197. The smallest absolute Gasteiger partial charge is 0.270 e. The quantitative estimate of drug-likeness (QED) is 0.852. The van der Waals surface area contributed by atoms with Gasteiger partial charge in [-0.15, -0.1) is 0 Å². The van der Waals surface area contributed by atoms with Gasteiger partial charge in [-0.3, -0.25) is 4.79 Å². The van der Waals surface area contributed by atoms with E-state index in [1.54, 1.807) is 4.57 Å². The molecule has 6 heteroatoms. The second-order valence-electron chi connectivity index (χ2n) is 5.01. The topological polar surface area (TPSA) is 57.3 Å². The van der Waals surface area contributed by atoms with Gasteiger partial charge in [0.25, 0.3) is 5.56 Å². The molecule has 0 N–H and O–H groups in total. The zero-order chi connectivity index (χ0) is 14.3. The highest BCUT2D eigenvalue weighted by molar-refractivity contribution is 6.31. The number of hydrogen-bond donors (Lipinski definition) is 0. The number of pyridine rings is 1. The van der Waals surface area contributed by atoms with Crippen molar-refractivity contribution in [1.82, 2.24) is 9.72 Å². The van der Waals surface area contributed by atoms with E-state index >= 15 is 0 Å². The highest BCUT2D eigenvalue weighted by atomic mass is 35.5. The summed E-state index contributed by atoms with van der Waals surface area (Å²) in [7, 11) is 0. The van der Waals surface area contributed by atoms with Gasteiger partial charge in [-0.1, -0.05) is 16.8 Å². The number of halogens is 1. The van der Waals surface area contributed by atoms with Gasteiger partial charge in [-0.2, -0.15) is 0 Å². The lowest BCUT2D eigenvalue weighted by Crippen LogP contribution is -2.25. The SMILES string of the molecule is Cc1cc(C)n(Cc2noc3c2COCC3)c(=O)c1Cl. The maximum Gasteiger partial charge on any atom is 0.270 e. The number of aryl methyl sites for hydroxylation is 2. The minimum Gasteiger partial charge on any atom is -0.376 e. The first-order valence-corrected chi connectivity index (χ1v) is 6.86. The highest BCUT2D eigenvalue weighted by Gasteiger charge is 2.21. The van der Waals surface area contributed by atoms with E-state index in [9.17, 15) is 4.79 Å². The van der Waals surface area contributed by atoms with Crippen molar-refractivity contribution >= 4 is 11.6 Å². The van der Waals surface area contributed by atoms with Gasteiger partial charge in [0.1, 0.15) is 16.5 Å². The normalized spacial score (nSPS) is 14.3. The Morgan fingerprint density at radius 1 is 1.45 bits per heavy atom. The third-order valence-electron chi connectivity index (χ3n) is 3.61. The summed E-state index contributed by atoms with van der Waals surface area (Å²) in [5.74, 6) is 0.857. The van der Waals surface area contributed by atoms with Crippen LogP contribution in [0.4, 0.5) is 0 Å². The molecular weight excluding hydrogens is 280 g/mol. The van der Waals surface area contributed by atoms with Gasteiger partial charge in [0.2, 0.25) is 0 Å². The fourth-order valence-electron chi connectivity index (χ4n) is 2.45. The molecule has 2 aromatic heterocycles. The van der Waals surface area contributed by atoms with Crippen LogP contribution in [0.15, 0.2) is 15.4 Å².